The Balaban J connectivity index is 2.15. The lowest BCUT2D eigenvalue weighted by atomic mass is 9.85. The predicted octanol–water partition coefficient (Wildman–Crippen LogP) is 2.82. The summed E-state index contributed by atoms with van der Waals surface area (Å²) in [7, 11) is 2.00. The van der Waals surface area contributed by atoms with Crippen LogP contribution in [0.1, 0.15) is 38.7 Å². The van der Waals surface area contributed by atoms with E-state index in [4.69, 9.17) is 0 Å². The van der Waals surface area contributed by atoms with Gasteiger partial charge in [0.05, 0.1) is 11.9 Å². The van der Waals surface area contributed by atoms with E-state index in [0.29, 0.717) is 5.41 Å². The number of rotatable bonds is 3. The zero-order valence-corrected chi connectivity index (χ0v) is 11.9. The average molecular weight is 247 g/mol. The van der Waals surface area contributed by atoms with Gasteiger partial charge in [0.25, 0.3) is 0 Å². The number of aromatic nitrogens is 1. The lowest BCUT2D eigenvalue weighted by Gasteiger charge is -2.26. The minimum atomic E-state index is 0.486. The number of hydrogen-bond donors (Lipinski definition) is 1. The highest BCUT2D eigenvalue weighted by Crippen LogP contribution is 2.32. The molecule has 0 aliphatic carbocycles. The van der Waals surface area contributed by atoms with Crippen LogP contribution in [0, 0.1) is 5.41 Å². The Bertz CT molecular complexity index is 387. The Morgan fingerprint density at radius 1 is 1.33 bits per heavy atom. The third-order valence-corrected chi connectivity index (χ3v) is 3.94. The Morgan fingerprint density at radius 2 is 2.17 bits per heavy atom. The van der Waals surface area contributed by atoms with Gasteiger partial charge in [-0.3, -0.25) is 4.98 Å². The molecule has 1 N–H and O–H groups in total. The first-order chi connectivity index (χ1) is 8.62. The van der Waals surface area contributed by atoms with Crippen molar-refractivity contribution in [1.29, 1.82) is 0 Å². The SMILES string of the molecule is CNCc1ccncc1N1CCCC(C)(C)CC1. The van der Waals surface area contributed by atoms with E-state index in [1.165, 1.54) is 30.5 Å². The molecule has 1 aliphatic heterocycles. The number of nitrogens with one attached hydrogen (secondary N) is 1. The second kappa shape index (κ2) is 5.70. The smallest absolute Gasteiger partial charge is 0.0598 e. The second-order valence-corrected chi connectivity index (χ2v) is 6.04. The zero-order valence-electron chi connectivity index (χ0n) is 11.9. The summed E-state index contributed by atoms with van der Waals surface area (Å²) in [5.74, 6) is 0. The van der Waals surface area contributed by atoms with Gasteiger partial charge < -0.3 is 10.2 Å². The Morgan fingerprint density at radius 3 is 2.94 bits per heavy atom. The summed E-state index contributed by atoms with van der Waals surface area (Å²) >= 11 is 0. The van der Waals surface area contributed by atoms with Gasteiger partial charge in [0, 0.05) is 25.8 Å². The quantitative estimate of drug-likeness (QED) is 0.890. The van der Waals surface area contributed by atoms with Crippen LogP contribution in [-0.2, 0) is 6.54 Å². The van der Waals surface area contributed by atoms with Crippen LogP contribution in [0.25, 0.3) is 0 Å². The van der Waals surface area contributed by atoms with Crippen LogP contribution in [-0.4, -0.2) is 25.1 Å². The van der Waals surface area contributed by atoms with E-state index in [-0.39, 0.29) is 0 Å². The molecule has 0 amide bonds. The standard InChI is InChI=1S/C15H25N3/c1-15(2)6-4-9-18(10-7-15)14-12-17-8-5-13(14)11-16-3/h5,8,12,16H,4,6-7,9-11H2,1-3H3. The molecule has 3 heteroatoms. The minimum absolute atomic E-state index is 0.486. The summed E-state index contributed by atoms with van der Waals surface area (Å²) in [4.78, 5) is 6.81. The van der Waals surface area contributed by atoms with Crippen LogP contribution in [0.3, 0.4) is 0 Å². The number of pyridine rings is 1. The largest absolute Gasteiger partial charge is 0.370 e. The van der Waals surface area contributed by atoms with Crippen LogP contribution in [0.2, 0.25) is 0 Å². The average Bonchev–Trinajstić information content (AvgIpc) is 2.52. The number of anilines is 1. The van der Waals surface area contributed by atoms with E-state index in [1.807, 2.05) is 19.4 Å². The molecule has 1 aromatic heterocycles. The van der Waals surface area contributed by atoms with E-state index < -0.39 is 0 Å². The molecular formula is C15H25N3. The summed E-state index contributed by atoms with van der Waals surface area (Å²) in [6.45, 7) is 7.99. The summed E-state index contributed by atoms with van der Waals surface area (Å²) in [6, 6.07) is 2.13. The maximum Gasteiger partial charge on any atom is 0.0598 e. The third-order valence-electron chi connectivity index (χ3n) is 3.94. The number of nitrogens with zero attached hydrogens (tertiary/aromatic N) is 2. The van der Waals surface area contributed by atoms with Crippen LogP contribution < -0.4 is 10.2 Å². The van der Waals surface area contributed by atoms with Crippen molar-refractivity contribution < 1.29 is 0 Å². The van der Waals surface area contributed by atoms with E-state index in [0.717, 1.165) is 19.6 Å². The third kappa shape index (κ3) is 3.22. The van der Waals surface area contributed by atoms with Crippen molar-refractivity contribution in [3.05, 3.63) is 24.0 Å². The first-order valence-electron chi connectivity index (χ1n) is 6.95. The van der Waals surface area contributed by atoms with Crippen molar-refractivity contribution in [1.82, 2.24) is 10.3 Å². The number of hydrogen-bond acceptors (Lipinski definition) is 3. The molecule has 0 spiro atoms. The lowest BCUT2D eigenvalue weighted by molar-refractivity contribution is 0.325. The van der Waals surface area contributed by atoms with Gasteiger partial charge in [-0.15, -0.1) is 0 Å². The summed E-state index contributed by atoms with van der Waals surface area (Å²) in [5.41, 5.74) is 3.15. The maximum absolute atomic E-state index is 4.30. The molecule has 1 saturated heterocycles. The van der Waals surface area contributed by atoms with Gasteiger partial charge in [-0.2, -0.15) is 0 Å². The van der Waals surface area contributed by atoms with E-state index in [2.05, 4.69) is 35.1 Å². The van der Waals surface area contributed by atoms with Crippen molar-refractivity contribution in [2.75, 3.05) is 25.0 Å². The maximum atomic E-state index is 4.30. The fourth-order valence-corrected chi connectivity index (χ4v) is 2.70. The fraction of sp³-hybridized carbons (Fsp3) is 0.667. The molecule has 1 aromatic rings. The molecule has 2 heterocycles. The van der Waals surface area contributed by atoms with Crippen molar-refractivity contribution in [3.63, 3.8) is 0 Å². The Hall–Kier alpha value is -1.09. The monoisotopic (exact) mass is 247 g/mol. The molecule has 0 saturated carbocycles. The summed E-state index contributed by atoms with van der Waals surface area (Å²) < 4.78 is 0. The Labute approximate surface area is 111 Å². The highest BCUT2D eigenvalue weighted by atomic mass is 15.1. The van der Waals surface area contributed by atoms with Crippen LogP contribution >= 0.6 is 0 Å². The molecule has 1 fully saturated rings. The highest BCUT2D eigenvalue weighted by Gasteiger charge is 2.23. The van der Waals surface area contributed by atoms with Gasteiger partial charge >= 0.3 is 0 Å². The minimum Gasteiger partial charge on any atom is -0.370 e. The Kier molecular flexibility index (Phi) is 4.23. The van der Waals surface area contributed by atoms with Gasteiger partial charge in [0.15, 0.2) is 0 Å². The molecule has 3 nitrogen and oxygen atoms in total. The van der Waals surface area contributed by atoms with Gasteiger partial charge in [-0.1, -0.05) is 13.8 Å². The van der Waals surface area contributed by atoms with Crippen molar-refractivity contribution >= 4 is 5.69 Å². The molecule has 2 rings (SSSR count). The van der Waals surface area contributed by atoms with Gasteiger partial charge in [-0.05, 0) is 43.4 Å². The first kappa shape index (κ1) is 13.3. The molecule has 0 bridgehead atoms. The molecule has 0 radical (unpaired) electrons. The van der Waals surface area contributed by atoms with Crippen LogP contribution in [0.5, 0.6) is 0 Å². The molecule has 0 unspecified atom stereocenters. The van der Waals surface area contributed by atoms with E-state index in [1.54, 1.807) is 0 Å². The topological polar surface area (TPSA) is 28.2 Å². The molecule has 0 aromatic carbocycles. The van der Waals surface area contributed by atoms with E-state index in [9.17, 15) is 0 Å². The van der Waals surface area contributed by atoms with Gasteiger partial charge in [0.2, 0.25) is 0 Å². The second-order valence-electron chi connectivity index (χ2n) is 6.04. The highest BCUT2D eigenvalue weighted by molar-refractivity contribution is 5.51. The van der Waals surface area contributed by atoms with Crippen molar-refractivity contribution in [3.8, 4) is 0 Å². The lowest BCUT2D eigenvalue weighted by Crippen LogP contribution is -2.27. The first-order valence-corrected chi connectivity index (χ1v) is 6.95. The van der Waals surface area contributed by atoms with Crippen LogP contribution in [0.15, 0.2) is 18.5 Å². The van der Waals surface area contributed by atoms with Gasteiger partial charge in [-0.25, -0.2) is 0 Å². The molecule has 0 atom stereocenters. The zero-order chi connectivity index (χ0) is 13.0. The fourth-order valence-electron chi connectivity index (χ4n) is 2.70. The van der Waals surface area contributed by atoms with Crippen molar-refractivity contribution in [2.45, 2.75) is 39.7 Å². The molecule has 100 valence electrons. The summed E-state index contributed by atoms with van der Waals surface area (Å²) in [5, 5.41) is 3.24. The molecular weight excluding hydrogens is 222 g/mol. The predicted molar refractivity (Wildman–Crippen MR) is 76.8 cm³/mol. The summed E-state index contributed by atoms with van der Waals surface area (Å²) in [6.07, 6.45) is 7.77. The molecule has 18 heavy (non-hydrogen) atoms. The van der Waals surface area contributed by atoms with Crippen molar-refractivity contribution in [2.24, 2.45) is 5.41 Å². The van der Waals surface area contributed by atoms with E-state index >= 15 is 0 Å². The van der Waals surface area contributed by atoms with Crippen LogP contribution in [0.4, 0.5) is 5.69 Å². The van der Waals surface area contributed by atoms with Gasteiger partial charge in [0.1, 0.15) is 0 Å². The normalized spacial score (nSPS) is 19.6. The molecule has 1 aliphatic rings.